The monoisotopic (exact) mass is 397 g/mol. The summed E-state index contributed by atoms with van der Waals surface area (Å²) in [4.78, 5) is 24.2. The fraction of sp³-hybridized carbons (Fsp3) is 0.652. The van der Waals surface area contributed by atoms with E-state index in [0.717, 1.165) is 84.1 Å². The Morgan fingerprint density at radius 3 is 2.52 bits per heavy atom. The van der Waals surface area contributed by atoms with Crippen LogP contribution in [0.4, 0.5) is 0 Å². The summed E-state index contributed by atoms with van der Waals surface area (Å²) in [6.07, 6.45) is 4.51. The number of nitrogens with zero attached hydrogens (tertiary/aromatic N) is 4. The zero-order valence-corrected chi connectivity index (χ0v) is 17.8. The van der Waals surface area contributed by atoms with Crippen molar-refractivity contribution in [3.05, 3.63) is 35.4 Å². The third-order valence-electron chi connectivity index (χ3n) is 6.58. The quantitative estimate of drug-likeness (QED) is 0.610. The van der Waals surface area contributed by atoms with Gasteiger partial charge < -0.3 is 15.1 Å². The Morgan fingerprint density at radius 1 is 1.07 bits per heavy atom. The highest BCUT2D eigenvalue weighted by molar-refractivity contribution is 5.80. The fourth-order valence-electron chi connectivity index (χ4n) is 4.50. The van der Waals surface area contributed by atoms with Crippen LogP contribution in [-0.4, -0.2) is 78.9 Å². The van der Waals surface area contributed by atoms with E-state index >= 15 is 0 Å². The first-order valence-corrected chi connectivity index (χ1v) is 11.4. The van der Waals surface area contributed by atoms with E-state index in [-0.39, 0.29) is 0 Å². The Hall–Kier alpha value is -2.08. The minimum Gasteiger partial charge on any atom is -0.357 e. The first-order valence-electron chi connectivity index (χ1n) is 11.4. The molecule has 1 N–H and O–H groups in total. The van der Waals surface area contributed by atoms with E-state index in [1.807, 2.05) is 0 Å². The summed E-state index contributed by atoms with van der Waals surface area (Å²) in [5.74, 6) is 1.75. The molecule has 0 unspecified atom stereocenters. The maximum atomic E-state index is 12.4. The van der Waals surface area contributed by atoms with Crippen LogP contribution in [0.15, 0.2) is 29.3 Å². The molecule has 0 aromatic heterocycles. The number of nitrogens with one attached hydrogen (secondary N) is 1. The van der Waals surface area contributed by atoms with Gasteiger partial charge in [0.1, 0.15) is 0 Å². The highest BCUT2D eigenvalue weighted by Gasteiger charge is 2.31. The minimum atomic E-state index is 0.323. The van der Waals surface area contributed by atoms with Gasteiger partial charge in [0.15, 0.2) is 5.96 Å². The molecule has 2 heterocycles. The molecule has 158 valence electrons. The van der Waals surface area contributed by atoms with E-state index in [2.05, 4.69) is 51.2 Å². The third kappa shape index (κ3) is 4.92. The minimum absolute atomic E-state index is 0.323. The van der Waals surface area contributed by atoms with Crippen LogP contribution in [0.3, 0.4) is 0 Å². The molecule has 1 aromatic carbocycles. The number of benzene rings is 1. The van der Waals surface area contributed by atoms with Crippen molar-refractivity contribution in [2.75, 3.05) is 52.4 Å². The van der Waals surface area contributed by atoms with Crippen molar-refractivity contribution in [3.8, 4) is 0 Å². The molecule has 0 spiro atoms. The molecule has 1 aliphatic carbocycles. The lowest BCUT2D eigenvalue weighted by atomic mass is 9.84. The van der Waals surface area contributed by atoms with E-state index in [1.54, 1.807) is 0 Å². The number of amides is 1. The molecule has 0 radical (unpaired) electrons. The van der Waals surface area contributed by atoms with Crippen LogP contribution in [0, 0.1) is 5.92 Å². The molecule has 2 aliphatic heterocycles. The van der Waals surface area contributed by atoms with Crippen LogP contribution in [0.25, 0.3) is 0 Å². The number of fused-ring (bicyclic) bond motifs is 1. The van der Waals surface area contributed by atoms with Gasteiger partial charge in [0.05, 0.1) is 6.54 Å². The standard InChI is InChI=1S/C23H35N5O/c1-2-24-23(28-12-10-19-6-3-4-7-21(19)18-28)25-11-13-26-14-16-27(17-15-26)22(29)20-8-5-9-20/h3-4,6-7,20H,2,5,8-18H2,1H3,(H,24,25). The predicted octanol–water partition coefficient (Wildman–Crippen LogP) is 1.95. The predicted molar refractivity (Wildman–Crippen MR) is 117 cm³/mol. The Morgan fingerprint density at radius 2 is 1.83 bits per heavy atom. The van der Waals surface area contributed by atoms with Gasteiger partial charge in [-0.05, 0) is 37.3 Å². The van der Waals surface area contributed by atoms with Gasteiger partial charge in [0, 0.05) is 58.3 Å². The first kappa shape index (κ1) is 20.2. The molecule has 4 rings (SSSR count). The Kier molecular flexibility index (Phi) is 6.70. The highest BCUT2D eigenvalue weighted by atomic mass is 16.2. The number of guanidine groups is 1. The molecule has 6 heteroatoms. The number of carbonyl (C=O) groups excluding carboxylic acids is 1. The lowest BCUT2D eigenvalue weighted by Crippen LogP contribution is -2.51. The average Bonchev–Trinajstić information content (AvgIpc) is 2.72. The van der Waals surface area contributed by atoms with Gasteiger partial charge in [-0.3, -0.25) is 14.7 Å². The molecule has 2 fully saturated rings. The number of rotatable bonds is 5. The maximum Gasteiger partial charge on any atom is 0.225 e. The molecular formula is C23H35N5O. The van der Waals surface area contributed by atoms with Crippen LogP contribution in [0.5, 0.6) is 0 Å². The molecule has 1 amide bonds. The molecule has 0 bridgehead atoms. The van der Waals surface area contributed by atoms with Gasteiger partial charge >= 0.3 is 0 Å². The summed E-state index contributed by atoms with van der Waals surface area (Å²) in [6.45, 7) is 10.4. The number of aliphatic imine (C=N–C) groups is 1. The normalized spacial score (nSPS) is 20.9. The molecule has 1 saturated carbocycles. The largest absolute Gasteiger partial charge is 0.357 e. The number of hydrogen-bond donors (Lipinski definition) is 1. The lowest BCUT2D eigenvalue weighted by molar-refractivity contribution is -0.139. The molecular weight excluding hydrogens is 362 g/mol. The van der Waals surface area contributed by atoms with Crippen LogP contribution >= 0.6 is 0 Å². The van der Waals surface area contributed by atoms with Gasteiger partial charge in [0.2, 0.25) is 5.91 Å². The summed E-state index contributed by atoms with van der Waals surface area (Å²) in [7, 11) is 0. The van der Waals surface area contributed by atoms with Gasteiger partial charge in [-0.15, -0.1) is 0 Å². The summed E-state index contributed by atoms with van der Waals surface area (Å²) < 4.78 is 0. The van der Waals surface area contributed by atoms with Crippen LogP contribution in [0.1, 0.15) is 37.3 Å². The van der Waals surface area contributed by atoms with E-state index in [1.165, 1.54) is 17.5 Å². The number of hydrogen-bond acceptors (Lipinski definition) is 3. The van der Waals surface area contributed by atoms with E-state index < -0.39 is 0 Å². The SMILES string of the molecule is CCNC(=NCCN1CCN(C(=O)C2CCC2)CC1)N1CCc2ccccc2C1. The number of carbonyl (C=O) groups is 1. The van der Waals surface area contributed by atoms with Gasteiger partial charge in [-0.2, -0.15) is 0 Å². The van der Waals surface area contributed by atoms with E-state index in [9.17, 15) is 4.79 Å². The van der Waals surface area contributed by atoms with Crippen LogP contribution in [-0.2, 0) is 17.8 Å². The van der Waals surface area contributed by atoms with Gasteiger partial charge in [-0.1, -0.05) is 30.7 Å². The molecule has 0 atom stereocenters. The second kappa shape index (κ2) is 9.61. The van der Waals surface area contributed by atoms with Crippen molar-refractivity contribution in [1.29, 1.82) is 0 Å². The zero-order valence-electron chi connectivity index (χ0n) is 17.8. The maximum absolute atomic E-state index is 12.4. The molecule has 1 aromatic rings. The number of piperazine rings is 1. The Labute approximate surface area is 175 Å². The van der Waals surface area contributed by atoms with Crippen LogP contribution in [0.2, 0.25) is 0 Å². The fourth-order valence-corrected chi connectivity index (χ4v) is 4.50. The van der Waals surface area contributed by atoms with Crippen molar-refractivity contribution in [1.82, 2.24) is 20.0 Å². The summed E-state index contributed by atoms with van der Waals surface area (Å²) in [5.41, 5.74) is 2.88. The lowest BCUT2D eigenvalue weighted by Gasteiger charge is -2.38. The molecule has 29 heavy (non-hydrogen) atoms. The summed E-state index contributed by atoms with van der Waals surface area (Å²) in [6, 6.07) is 8.73. The highest BCUT2D eigenvalue weighted by Crippen LogP contribution is 2.28. The Balaban J connectivity index is 1.25. The van der Waals surface area contributed by atoms with Gasteiger partial charge in [-0.25, -0.2) is 0 Å². The zero-order chi connectivity index (χ0) is 20.1. The van der Waals surface area contributed by atoms with E-state index in [4.69, 9.17) is 4.99 Å². The molecule has 6 nitrogen and oxygen atoms in total. The molecule has 3 aliphatic rings. The average molecular weight is 398 g/mol. The van der Waals surface area contributed by atoms with E-state index in [0.29, 0.717) is 11.8 Å². The molecule has 1 saturated heterocycles. The van der Waals surface area contributed by atoms with Crippen molar-refractivity contribution in [3.63, 3.8) is 0 Å². The van der Waals surface area contributed by atoms with Crippen molar-refractivity contribution in [2.45, 2.75) is 39.2 Å². The Bertz CT molecular complexity index is 722. The first-order chi connectivity index (χ1) is 14.2. The van der Waals surface area contributed by atoms with Crippen molar-refractivity contribution in [2.24, 2.45) is 10.9 Å². The smallest absolute Gasteiger partial charge is 0.225 e. The summed E-state index contributed by atoms with van der Waals surface area (Å²) >= 11 is 0. The van der Waals surface area contributed by atoms with Crippen LogP contribution < -0.4 is 5.32 Å². The van der Waals surface area contributed by atoms with Crippen molar-refractivity contribution >= 4 is 11.9 Å². The summed E-state index contributed by atoms with van der Waals surface area (Å²) in [5, 5.41) is 3.47. The van der Waals surface area contributed by atoms with Crippen molar-refractivity contribution < 1.29 is 4.79 Å². The third-order valence-corrected chi connectivity index (χ3v) is 6.58. The van der Waals surface area contributed by atoms with Gasteiger partial charge in [0.25, 0.3) is 0 Å². The topological polar surface area (TPSA) is 51.2 Å². The second-order valence-corrected chi connectivity index (χ2v) is 8.47. The second-order valence-electron chi connectivity index (χ2n) is 8.47.